The molecule has 0 unspecified atom stereocenters. The third-order valence-electron chi connectivity index (χ3n) is 26.0. The second kappa shape index (κ2) is 56.6. The third kappa shape index (κ3) is 42.6. The van der Waals surface area contributed by atoms with Crippen molar-refractivity contribution in [2.45, 2.75) is 374 Å². The summed E-state index contributed by atoms with van der Waals surface area (Å²) in [5.41, 5.74) is 3.94. The molecular weight excluding hydrogens is 1720 g/mol. The van der Waals surface area contributed by atoms with Gasteiger partial charge in [0.25, 0.3) is 0 Å². The van der Waals surface area contributed by atoms with Crippen molar-refractivity contribution in [2.75, 3.05) is 28.4 Å². The number of methoxy groups -OCH3 is 4. The molecule has 19 atom stereocenters. The first-order valence-corrected chi connectivity index (χ1v) is 58.4. The largest absolute Gasteiger partial charge is 0.497 e. The summed E-state index contributed by atoms with van der Waals surface area (Å²) in [5, 5.41) is 51.7. The molecule has 0 bridgehead atoms. The SMILES string of the molecule is C=CC[C@@H]1OC(C)(C)O[C@H]1[C@@H](/C=C\[C@@H](C)[C@H](C)O)OCc1ccc(OC)cc1.C=CC[C@H](O)[C@@H](O)[C@@H](/C=C\[C@@H](C)[C@H](C)O)OCc1ccc(OC)cc1.C=CC[C@H](O[Si](C)(C)C(C)(C)C)C(=O)[C@@H](/C=C\[C@@H](C)[C@H](C)O[Si](C)(C)C(C)(C)C)OCc1ccc(OC)cc1.C=CC[C@H](O[Si](C)(C)C(C)(C)C)[C@@H](O)[C@@H](/C=C\[C@@H](C)[C@H](C)O[Si](C)(C)C(C)(C)C)OCc1ccc(OC)cc1. The molecule has 20 nitrogen and oxygen atoms in total. The molecule has 0 amide bonds. The minimum atomic E-state index is -2.20. The molecule has 0 spiro atoms. The lowest BCUT2D eigenvalue weighted by Crippen LogP contribution is -2.49. The van der Waals surface area contributed by atoms with Crippen molar-refractivity contribution >= 4 is 39.1 Å². The lowest BCUT2D eigenvalue weighted by Gasteiger charge is -2.41. The Morgan fingerprint density at radius 2 is 0.718 bits per heavy atom. The molecule has 5 rings (SSSR count). The minimum Gasteiger partial charge on any atom is -0.497 e. The Labute approximate surface area is 797 Å². The summed E-state index contributed by atoms with van der Waals surface area (Å²) in [6.07, 6.45) is 16.9. The molecular formula is C107H178O20Si4. The maximum absolute atomic E-state index is 13.9. The van der Waals surface area contributed by atoms with Crippen molar-refractivity contribution in [3.05, 3.63) is 219 Å². The summed E-state index contributed by atoms with van der Waals surface area (Å²) in [5.74, 6) is 2.59. The van der Waals surface area contributed by atoms with Gasteiger partial charge in [0.2, 0.25) is 0 Å². The molecule has 1 heterocycles. The van der Waals surface area contributed by atoms with Crippen LogP contribution in [0.4, 0.5) is 0 Å². The van der Waals surface area contributed by atoms with E-state index in [-0.39, 0.29) is 93.2 Å². The van der Waals surface area contributed by atoms with Gasteiger partial charge in [-0.15, -0.1) is 26.3 Å². The van der Waals surface area contributed by atoms with Crippen molar-refractivity contribution < 1.29 is 95.4 Å². The Morgan fingerprint density at radius 1 is 0.397 bits per heavy atom. The molecule has 1 aliphatic rings. The van der Waals surface area contributed by atoms with E-state index in [1.165, 1.54) is 0 Å². The summed E-state index contributed by atoms with van der Waals surface area (Å²) >= 11 is 0. The maximum Gasteiger partial charge on any atom is 0.193 e. The highest BCUT2D eigenvalue weighted by Gasteiger charge is 2.47. The lowest BCUT2D eigenvalue weighted by atomic mass is 10.0. The van der Waals surface area contributed by atoms with Gasteiger partial charge in [0, 0.05) is 12.2 Å². The van der Waals surface area contributed by atoms with Crippen LogP contribution in [0.1, 0.15) is 200 Å². The van der Waals surface area contributed by atoms with Crippen molar-refractivity contribution in [1.82, 2.24) is 0 Å². The number of hydrogen-bond acceptors (Lipinski definition) is 20. The molecule has 0 saturated carbocycles. The second-order valence-electron chi connectivity index (χ2n) is 41.5. The third-order valence-corrected chi connectivity index (χ3v) is 44.2. The number of aliphatic hydroxyl groups excluding tert-OH is 5. The van der Waals surface area contributed by atoms with Crippen LogP contribution in [0, 0.1) is 23.7 Å². The first-order valence-electron chi connectivity index (χ1n) is 46.8. The minimum absolute atomic E-state index is 0.0141. The molecule has 4 aromatic rings. The predicted molar refractivity (Wildman–Crippen MR) is 549 cm³/mol. The average Bonchev–Trinajstić information content (AvgIpc) is 1.75. The maximum atomic E-state index is 13.9. The van der Waals surface area contributed by atoms with Gasteiger partial charge in [-0.2, -0.15) is 0 Å². The molecule has 24 heteroatoms. The first-order chi connectivity index (χ1) is 60.6. The Morgan fingerprint density at radius 3 is 1.06 bits per heavy atom. The van der Waals surface area contributed by atoms with E-state index in [0.717, 1.165) is 45.3 Å². The van der Waals surface area contributed by atoms with Crippen LogP contribution in [0.2, 0.25) is 72.5 Å². The van der Waals surface area contributed by atoms with E-state index in [9.17, 15) is 30.3 Å². The lowest BCUT2D eigenvalue weighted by molar-refractivity contribution is -0.156. The van der Waals surface area contributed by atoms with Gasteiger partial charge in [0.1, 0.15) is 71.8 Å². The zero-order valence-electron chi connectivity index (χ0n) is 87.0. The van der Waals surface area contributed by atoms with E-state index in [1.807, 2.05) is 161 Å². The van der Waals surface area contributed by atoms with Gasteiger partial charge in [-0.05, 0) is 234 Å². The van der Waals surface area contributed by atoms with Gasteiger partial charge >= 0.3 is 0 Å². The molecule has 0 radical (unpaired) electrons. The van der Waals surface area contributed by atoms with Crippen LogP contribution in [0.3, 0.4) is 0 Å². The fourth-order valence-electron chi connectivity index (χ4n) is 12.2. The van der Waals surface area contributed by atoms with Crippen LogP contribution in [-0.4, -0.2) is 190 Å². The van der Waals surface area contributed by atoms with Gasteiger partial charge in [0.05, 0.1) is 85.4 Å². The van der Waals surface area contributed by atoms with E-state index < -0.39 is 100 Å². The molecule has 1 aliphatic heterocycles. The van der Waals surface area contributed by atoms with Crippen LogP contribution in [-0.2, 0) is 77.3 Å². The summed E-state index contributed by atoms with van der Waals surface area (Å²) in [7, 11) is -1.60. The van der Waals surface area contributed by atoms with E-state index >= 15 is 0 Å². The van der Waals surface area contributed by atoms with E-state index in [0.29, 0.717) is 39.1 Å². The fourth-order valence-corrected chi connectivity index (χ4v) is 17.9. The molecule has 131 heavy (non-hydrogen) atoms. The Balaban J connectivity index is 0.000000601. The van der Waals surface area contributed by atoms with Crippen molar-refractivity contribution in [2.24, 2.45) is 23.7 Å². The molecule has 0 aromatic heterocycles. The number of Topliss-reactive ketones (excluding diaryl/α,β-unsaturated/α-hetero) is 1. The Bertz CT molecular complexity index is 4020. The van der Waals surface area contributed by atoms with Gasteiger partial charge < -0.3 is 90.6 Å². The number of ketones is 1. The van der Waals surface area contributed by atoms with Gasteiger partial charge in [-0.1, -0.05) is 232 Å². The highest BCUT2D eigenvalue weighted by Crippen LogP contribution is 2.43. The standard InChI is InChI=1S/C32H58O5Si2.C32H56O5Si2.C23H34O5.C20H30O5/c2*1-15-16-29(37-39(13,14)32(7,8)9)30(33)28(35-23-26-18-20-27(34-10)21-19-26)22-17-24(2)25(3)36-38(11,12)31(4,5)6;1-7-8-21-22(28-23(4,5)27-21)20(14-9-16(2)17(3)24)26-15-18-10-12-19(25-6)13-11-18;1-5-6-18(22)20(23)19(12-7-14(2)15(3)21)25-13-16-8-10-17(24-4)11-9-16/h15,17-22,24-25,28-30,33H,1,16,23H2,2-14H3;15,17-22,24-25,28-29H,1,16,23H2,2-14H3;7,9-14,16-17,20-22,24H,1,8,15H2,2-6H3;5,7-12,14-15,18-23H,1,6,13H2,2-4H3/b2*22-17-;14-9-;12-7-/t24-,25+,28-,29+,30+;24-,25+,28-,29+;16-,17+,20-,21+,22+;14-,15+,18+,19-,20-/m1111/s1. The van der Waals surface area contributed by atoms with Crippen LogP contribution in [0.5, 0.6) is 23.0 Å². The van der Waals surface area contributed by atoms with E-state index in [2.05, 4.69) is 202 Å². The molecule has 5 N–H and O–H groups in total. The van der Waals surface area contributed by atoms with Gasteiger partial charge in [-0.3, -0.25) is 4.79 Å². The van der Waals surface area contributed by atoms with E-state index in [4.69, 9.17) is 65.1 Å². The highest BCUT2D eigenvalue weighted by molar-refractivity contribution is 6.75. The number of carbonyl (C=O) groups excluding carboxylic acids is 1. The zero-order chi connectivity index (χ0) is 100. The summed E-state index contributed by atoms with van der Waals surface area (Å²) < 4.78 is 84.3. The number of benzene rings is 4. The number of hydrogen-bond donors (Lipinski definition) is 5. The van der Waals surface area contributed by atoms with E-state index in [1.54, 1.807) is 66.6 Å². The monoisotopic (exact) mass is 1900 g/mol. The normalized spacial score (nSPS) is 18.8. The second-order valence-corrected chi connectivity index (χ2v) is 60.6. The molecule has 0 aliphatic carbocycles. The molecule has 1 fully saturated rings. The number of aliphatic hydroxyl groups is 5. The smallest absolute Gasteiger partial charge is 0.193 e. The van der Waals surface area contributed by atoms with Gasteiger partial charge in [0.15, 0.2) is 44.8 Å². The van der Waals surface area contributed by atoms with Crippen molar-refractivity contribution in [3.63, 3.8) is 0 Å². The zero-order valence-corrected chi connectivity index (χ0v) is 91.0. The van der Waals surface area contributed by atoms with Gasteiger partial charge in [-0.25, -0.2) is 0 Å². The quantitative estimate of drug-likeness (QED) is 0.0204. The van der Waals surface area contributed by atoms with Crippen LogP contribution < -0.4 is 18.9 Å². The summed E-state index contributed by atoms with van der Waals surface area (Å²) in [6, 6.07) is 30.7. The number of carbonyl (C=O) groups is 1. The van der Waals surface area contributed by atoms with Crippen LogP contribution in [0.15, 0.2) is 196 Å². The molecule has 1 saturated heterocycles. The predicted octanol–water partition coefficient (Wildman–Crippen LogP) is 23.9. The first kappa shape index (κ1) is 121. The fraction of sp³-hybridized carbons (Fsp3) is 0.617. The molecule has 4 aromatic carbocycles. The Kier molecular flexibility index (Phi) is 52.3. The number of rotatable bonds is 51. The Hall–Kier alpha value is -6.06. The highest BCUT2D eigenvalue weighted by atomic mass is 28.4. The molecule has 742 valence electrons. The van der Waals surface area contributed by atoms with Crippen LogP contribution >= 0.6 is 0 Å². The average molecular weight is 1900 g/mol. The number of ether oxygens (including phenoxy) is 10. The topological polar surface area (TPSA) is 247 Å². The van der Waals surface area contributed by atoms with Crippen molar-refractivity contribution in [1.29, 1.82) is 0 Å². The van der Waals surface area contributed by atoms with Crippen LogP contribution in [0.25, 0.3) is 0 Å². The summed E-state index contributed by atoms with van der Waals surface area (Å²) in [4.78, 5) is 13.9. The van der Waals surface area contributed by atoms with Crippen molar-refractivity contribution in [3.8, 4) is 23.0 Å². The summed E-state index contributed by atoms with van der Waals surface area (Å²) in [6.45, 7) is 80.8.